The summed E-state index contributed by atoms with van der Waals surface area (Å²) >= 11 is 5.81. The smallest absolute Gasteiger partial charge is 0.408 e. The molecular weight excluding hydrogens is 404 g/mol. The highest BCUT2D eigenvalue weighted by Crippen LogP contribution is 2.22. The number of aromatic nitrogens is 2. The van der Waals surface area contributed by atoms with E-state index in [0.717, 1.165) is 16.5 Å². The first-order valence-corrected chi connectivity index (χ1v) is 9.95. The number of nitrogens with one attached hydrogen (secondary N) is 2. The number of para-hydroxylation sites is 1. The summed E-state index contributed by atoms with van der Waals surface area (Å²) in [7, 11) is 1.95. The predicted octanol–water partition coefficient (Wildman–Crippen LogP) is 4.30. The number of benzene rings is 1. The maximum absolute atomic E-state index is 13.0. The Morgan fingerprint density at radius 2 is 1.93 bits per heavy atom. The van der Waals surface area contributed by atoms with Gasteiger partial charge in [-0.3, -0.25) is 4.79 Å². The van der Waals surface area contributed by atoms with E-state index in [2.05, 4.69) is 15.6 Å². The summed E-state index contributed by atoms with van der Waals surface area (Å²) in [6.45, 7) is 5.31. The Morgan fingerprint density at radius 3 is 2.60 bits per heavy atom. The van der Waals surface area contributed by atoms with Crippen molar-refractivity contribution >= 4 is 40.2 Å². The second-order valence-electron chi connectivity index (χ2n) is 8.04. The van der Waals surface area contributed by atoms with Crippen LogP contribution in [0.5, 0.6) is 0 Å². The van der Waals surface area contributed by atoms with Gasteiger partial charge in [-0.05, 0) is 44.5 Å². The minimum absolute atomic E-state index is 0.299. The van der Waals surface area contributed by atoms with Gasteiger partial charge < -0.3 is 19.9 Å². The maximum Gasteiger partial charge on any atom is 0.408 e. The molecule has 0 bridgehead atoms. The Balaban J connectivity index is 1.85. The number of hydrogen-bond acceptors (Lipinski definition) is 4. The molecule has 0 aliphatic heterocycles. The molecule has 8 heteroatoms. The summed E-state index contributed by atoms with van der Waals surface area (Å²) in [4.78, 5) is 29.3. The Hall–Kier alpha value is -3.06. The number of anilines is 1. The molecule has 2 N–H and O–H groups in total. The van der Waals surface area contributed by atoms with Crippen molar-refractivity contribution in [2.24, 2.45) is 7.05 Å². The van der Waals surface area contributed by atoms with Gasteiger partial charge in [0.1, 0.15) is 16.8 Å². The lowest BCUT2D eigenvalue weighted by Crippen LogP contribution is -2.47. The first-order valence-electron chi connectivity index (χ1n) is 9.57. The van der Waals surface area contributed by atoms with Crippen molar-refractivity contribution in [1.29, 1.82) is 0 Å². The lowest BCUT2D eigenvalue weighted by molar-refractivity contribution is -0.118. The second kappa shape index (κ2) is 8.75. The van der Waals surface area contributed by atoms with Gasteiger partial charge in [-0.25, -0.2) is 9.78 Å². The van der Waals surface area contributed by atoms with Crippen molar-refractivity contribution in [3.05, 3.63) is 59.5 Å². The van der Waals surface area contributed by atoms with Crippen LogP contribution in [0.4, 0.5) is 10.5 Å². The molecule has 0 saturated carbocycles. The zero-order valence-electron chi connectivity index (χ0n) is 17.4. The molecule has 30 heavy (non-hydrogen) atoms. The van der Waals surface area contributed by atoms with E-state index in [-0.39, 0.29) is 5.91 Å². The van der Waals surface area contributed by atoms with Crippen LogP contribution >= 0.6 is 11.6 Å². The number of rotatable bonds is 5. The van der Waals surface area contributed by atoms with E-state index < -0.39 is 17.7 Å². The molecule has 3 aromatic rings. The summed E-state index contributed by atoms with van der Waals surface area (Å²) < 4.78 is 7.35. The predicted molar refractivity (Wildman–Crippen MR) is 118 cm³/mol. The van der Waals surface area contributed by atoms with Crippen LogP contribution in [-0.2, 0) is 23.0 Å². The first-order chi connectivity index (χ1) is 14.1. The normalized spacial score (nSPS) is 12.4. The fraction of sp³-hybridized carbons (Fsp3) is 0.318. The van der Waals surface area contributed by atoms with Crippen molar-refractivity contribution in [1.82, 2.24) is 14.9 Å². The number of ether oxygens (including phenoxy) is 1. The highest BCUT2D eigenvalue weighted by Gasteiger charge is 2.26. The fourth-order valence-corrected chi connectivity index (χ4v) is 3.26. The van der Waals surface area contributed by atoms with Crippen molar-refractivity contribution in [2.45, 2.75) is 38.8 Å². The molecular formula is C22H25ClN4O3. The number of hydrogen-bond donors (Lipinski definition) is 2. The summed E-state index contributed by atoms with van der Waals surface area (Å²) in [6.07, 6.45) is 3.07. The maximum atomic E-state index is 13.0. The highest BCUT2D eigenvalue weighted by molar-refractivity contribution is 6.29. The molecule has 2 aromatic heterocycles. The zero-order chi connectivity index (χ0) is 21.9. The largest absolute Gasteiger partial charge is 0.444 e. The van der Waals surface area contributed by atoms with Gasteiger partial charge in [0.2, 0.25) is 5.91 Å². The summed E-state index contributed by atoms with van der Waals surface area (Å²) in [5.41, 5.74) is 1.80. The Bertz CT molecular complexity index is 1050. The minimum Gasteiger partial charge on any atom is -0.444 e. The topological polar surface area (TPSA) is 85.2 Å². The molecule has 3 rings (SSSR count). The average Bonchev–Trinajstić information content (AvgIpc) is 2.97. The number of alkyl carbamates (subject to hydrolysis) is 1. The molecule has 0 saturated heterocycles. The molecule has 1 aromatic carbocycles. The zero-order valence-corrected chi connectivity index (χ0v) is 18.2. The van der Waals surface area contributed by atoms with E-state index in [9.17, 15) is 9.59 Å². The number of carbonyl (C=O) groups excluding carboxylic acids is 2. The van der Waals surface area contributed by atoms with Crippen LogP contribution in [0.3, 0.4) is 0 Å². The number of pyridine rings is 1. The van der Waals surface area contributed by atoms with E-state index in [1.54, 1.807) is 32.9 Å². The number of carbonyl (C=O) groups is 2. The van der Waals surface area contributed by atoms with Crippen LogP contribution in [0.1, 0.15) is 26.3 Å². The summed E-state index contributed by atoms with van der Waals surface area (Å²) in [5, 5.41) is 6.82. The Labute approximate surface area is 180 Å². The Kier molecular flexibility index (Phi) is 6.31. The number of amides is 2. The molecule has 7 nitrogen and oxygen atoms in total. The van der Waals surface area contributed by atoms with E-state index in [1.807, 2.05) is 42.1 Å². The molecule has 2 heterocycles. The summed E-state index contributed by atoms with van der Waals surface area (Å²) in [5.74, 6) is -0.377. The van der Waals surface area contributed by atoms with Gasteiger partial charge in [0, 0.05) is 30.6 Å². The average molecular weight is 429 g/mol. The molecule has 0 radical (unpaired) electrons. The third kappa shape index (κ3) is 5.51. The molecule has 2 amide bonds. The minimum atomic E-state index is -0.846. The van der Waals surface area contributed by atoms with Crippen LogP contribution in [0.15, 0.2) is 48.8 Å². The summed E-state index contributed by atoms with van der Waals surface area (Å²) in [6, 6.07) is 10.3. The third-order valence-electron chi connectivity index (χ3n) is 4.41. The van der Waals surface area contributed by atoms with Crippen molar-refractivity contribution in [3.8, 4) is 0 Å². The van der Waals surface area contributed by atoms with Crippen LogP contribution in [0.2, 0.25) is 5.15 Å². The lowest BCUT2D eigenvalue weighted by atomic mass is 10.0. The quantitative estimate of drug-likeness (QED) is 0.593. The van der Waals surface area contributed by atoms with E-state index in [4.69, 9.17) is 16.3 Å². The molecule has 1 atom stereocenters. The molecule has 0 aliphatic carbocycles. The number of nitrogens with zero attached hydrogens (tertiary/aromatic N) is 2. The molecule has 0 unspecified atom stereocenters. The standard InChI is InChI=1S/C22H25ClN4O3/c1-22(2,3)30-21(29)26-17(20(28)25-15-9-10-19(23)24-12-15)11-14-13-27(4)18-8-6-5-7-16(14)18/h5-10,12-13,17H,11H2,1-4H3,(H,25,28)(H,26,29)/t17-/m0/s1. The van der Waals surface area contributed by atoms with Crippen LogP contribution in [0.25, 0.3) is 10.9 Å². The van der Waals surface area contributed by atoms with Gasteiger partial charge in [0.05, 0.1) is 11.9 Å². The third-order valence-corrected chi connectivity index (χ3v) is 4.63. The molecule has 0 aliphatic rings. The Morgan fingerprint density at radius 1 is 1.20 bits per heavy atom. The number of halogens is 1. The van der Waals surface area contributed by atoms with Crippen molar-refractivity contribution < 1.29 is 14.3 Å². The van der Waals surface area contributed by atoms with E-state index >= 15 is 0 Å². The van der Waals surface area contributed by atoms with Crippen LogP contribution < -0.4 is 10.6 Å². The van der Waals surface area contributed by atoms with Gasteiger partial charge >= 0.3 is 6.09 Å². The fourth-order valence-electron chi connectivity index (χ4n) is 3.15. The SMILES string of the molecule is Cn1cc(C[C@H](NC(=O)OC(C)(C)C)C(=O)Nc2ccc(Cl)nc2)c2ccccc21. The van der Waals surface area contributed by atoms with Gasteiger partial charge in [0.25, 0.3) is 0 Å². The van der Waals surface area contributed by atoms with Gasteiger partial charge in [0.15, 0.2) is 0 Å². The molecule has 158 valence electrons. The van der Waals surface area contributed by atoms with Gasteiger partial charge in [-0.1, -0.05) is 29.8 Å². The van der Waals surface area contributed by atoms with Crippen LogP contribution in [-0.4, -0.2) is 33.2 Å². The lowest BCUT2D eigenvalue weighted by Gasteiger charge is -2.23. The van der Waals surface area contributed by atoms with Crippen LogP contribution in [0, 0.1) is 0 Å². The number of aryl methyl sites for hydroxylation is 1. The van der Waals surface area contributed by atoms with E-state index in [1.165, 1.54) is 6.20 Å². The molecule has 0 fully saturated rings. The van der Waals surface area contributed by atoms with Gasteiger partial charge in [-0.15, -0.1) is 0 Å². The number of fused-ring (bicyclic) bond motifs is 1. The van der Waals surface area contributed by atoms with Gasteiger partial charge in [-0.2, -0.15) is 0 Å². The first kappa shape index (κ1) is 21.6. The highest BCUT2D eigenvalue weighted by atomic mass is 35.5. The van der Waals surface area contributed by atoms with Crippen molar-refractivity contribution in [3.63, 3.8) is 0 Å². The second-order valence-corrected chi connectivity index (χ2v) is 8.43. The molecule has 0 spiro atoms. The van der Waals surface area contributed by atoms with Crippen molar-refractivity contribution in [2.75, 3.05) is 5.32 Å². The van der Waals surface area contributed by atoms with E-state index in [0.29, 0.717) is 17.3 Å². The monoisotopic (exact) mass is 428 g/mol.